The van der Waals surface area contributed by atoms with E-state index >= 15 is 0 Å². The highest BCUT2D eigenvalue weighted by Crippen LogP contribution is 2.24. The molecule has 6 heteroatoms. The maximum atomic E-state index is 12.5. The van der Waals surface area contributed by atoms with Crippen molar-refractivity contribution in [2.45, 2.75) is 63.7 Å². The van der Waals surface area contributed by atoms with Gasteiger partial charge in [0.1, 0.15) is 6.10 Å². The molecule has 0 aromatic heterocycles. The molecule has 2 atom stereocenters. The molecule has 1 aliphatic heterocycles. The van der Waals surface area contributed by atoms with E-state index in [2.05, 4.69) is 0 Å². The maximum Gasteiger partial charge on any atom is 0.251 e. The zero-order valence-electron chi connectivity index (χ0n) is 12.4. The van der Waals surface area contributed by atoms with Gasteiger partial charge in [0, 0.05) is 13.1 Å². The minimum Gasteiger partial charge on any atom is -0.365 e. The van der Waals surface area contributed by atoms with E-state index in [1.54, 1.807) is 11.9 Å². The van der Waals surface area contributed by atoms with Crippen LogP contribution in [-0.2, 0) is 19.4 Å². The Morgan fingerprint density at radius 1 is 1.30 bits per heavy atom. The standard InChI is InChI=1S/C14H25NO4S/c1-3-13(19-12-6-4-5-7-12)14(16)15(2)11-8-9-20(17,18)10-11/h11-13H,3-10H2,1-2H3/t11-,13+/m1/s1. The van der Waals surface area contributed by atoms with Crippen LogP contribution in [0.1, 0.15) is 45.4 Å². The van der Waals surface area contributed by atoms with E-state index in [-0.39, 0.29) is 29.6 Å². The highest BCUT2D eigenvalue weighted by molar-refractivity contribution is 7.91. The van der Waals surface area contributed by atoms with E-state index in [0.717, 1.165) is 12.8 Å². The van der Waals surface area contributed by atoms with Crippen molar-refractivity contribution in [3.8, 4) is 0 Å². The lowest BCUT2D eigenvalue weighted by atomic mass is 10.1. The van der Waals surface area contributed by atoms with Gasteiger partial charge in [-0.15, -0.1) is 0 Å². The van der Waals surface area contributed by atoms with Gasteiger partial charge in [-0.1, -0.05) is 19.8 Å². The van der Waals surface area contributed by atoms with Crippen LogP contribution in [0.4, 0.5) is 0 Å². The molecule has 0 bridgehead atoms. The first-order valence-electron chi connectivity index (χ1n) is 7.55. The molecule has 0 radical (unpaired) electrons. The van der Waals surface area contributed by atoms with Crippen LogP contribution in [0.25, 0.3) is 0 Å². The number of rotatable bonds is 5. The van der Waals surface area contributed by atoms with Crippen LogP contribution in [0.2, 0.25) is 0 Å². The lowest BCUT2D eigenvalue weighted by Gasteiger charge is -2.29. The Hall–Kier alpha value is -0.620. The summed E-state index contributed by atoms with van der Waals surface area (Å²) in [5.74, 6) is 0.214. The van der Waals surface area contributed by atoms with E-state index in [9.17, 15) is 13.2 Å². The number of nitrogens with zero attached hydrogens (tertiary/aromatic N) is 1. The number of likely N-dealkylation sites (N-methyl/N-ethyl adjacent to an activating group) is 1. The first-order valence-corrected chi connectivity index (χ1v) is 9.37. The Morgan fingerprint density at radius 3 is 2.45 bits per heavy atom. The van der Waals surface area contributed by atoms with Crippen molar-refractivity contribution >= 4 is 15.7 Å². The lowest BCUT2D eigenvalue weighted by molar-refractivity contribution is -0.148. The van der Waals surface area contributed by atoms with Crippen molar-refractivity contribution in [3.05, 3.63) is 0 Å². The van der Waals surface area contributed by atoms with Crippen LogP contribution in [0.5, 0.6) is 0 Å². The highest BCUT2D eigenvalue weighted by Gasteiger charge is 2.35. The molecule has 1 amide bonds. The van der Waals surface area contributed by atoms with Gasteiger partial charge in [0.05, 0.1) is 17.6 Å². The number of sulfone groups is 1. The molecule has 5 nitrogen and oxygen atoms in total. The highest BCUT2D eigenvalue weighted by atomic mass is 32.2. The average Bonchev–Trinajstić information content (AvgIpc) is 3.03. The molecular formula is C14H25NO4S. The molecule has 0 N–H and O–H groups in total. The summed E-state index contributed by atoms with van der Waals surface area (Å²) in [5, 5.41) is 0. The Morgan fingerprint density at radius 2 is 1.95 bits per heavy atom. The number of hydrogen-bond acceptors (Lipinski definition) is 4. The normalized spacial score (nSPS) is 27.6. The predicted molar refractivity (Wildman–Crippen MR) is 77.2 cm³/mol. The van der Waals surface area contributed by atoms with Crippen LogP contribution in [0, 0.1) is 0 Å². The number of ether oxygens (including phenoxy) is 1. The van der Waals surface area contributed by atoms with Gasteiger partial charge < -0.3 is 9.64 Å². The Bertz CT molecular complexity index is 442. The molecule has 1 saturated carbocycles. The maximum absolute atomic E-state index is 12.5. The first-order chi connectivity index (χ1) is 9.43. The molecule has 2 rings (SSSR count). The number of amides is 1. The summed E-state index contributed by atoms with van der Waals surface area (Å²) in [4.78, 5) is 14.1. The van der Waals surface area contributed by atoms with Crippen molar-refractivity contribution in [1.29, 1.82) is 0 Å². The Kier molecular flexibility index (Phi) is 5.07. The fourth-order valence-electron chi connectivity index (χ4n) is 3.07. The summed E-state index contributed by atoms with van der Waals surface area (Å²) in [6.07, 6.45) is 5.37. The summed E-state index contributed by atoms with van der Waals surface area (Å²) in [5.41, 5.74) is 0. The lowest BCUT2D eigenvalue weighted by Crippen LogP contribution is -2.45. The second-order valence-corrected chi connectivity index (χ2v) is 8.17. The van der Waals surface area contributed by atoms with E-state index in [4.69, 9.17) is 4.74 Å². The quantitative estimate of drug-likeness (QED) is 0.769. The van der Waals surface area contributed by atoms with Crippen molar-refractivity contribution < 1.29 is 17.9 Å². The number of carbonyl (C=O) groups excluding carboxylic acids is 1. The molecule has 0 spiro atoms. The van der Waals surface area contributed by atoms with Crippen LogP contribution in [-0.4, -0.2) is 56.0 Å². The fourth-order valence-corrected chi connectivity index (χ4v) is 4.85. The monoisotopic (exact) mass is 303 g/mol. The summed E-state index contributed by atoms with van der Waals surface area (Å²) >= 11 is 0. The largest absolute Gasteiger partial charge is 0.365 e. The summed E-state index contributed by atoms with van der Waals surface area (Å²) < 4.78 is 28.9. The molecule has 116 valence electrons. The van der Waals surface area contributed by atoms with E-state index in [0.29, 0.717) is 12.8 Å². The van der Waals surface area contributed by atoms with E-state index in [1.165, 1.54) is 12.8 Å². The van der Waals surface area contributed by atoms with Gasteiger partial charge in [-0.3, -0.25) is 4.79 Å². The van der Waals surface area contributed by atoms with Crippen LogP contribution < -0.4 is 0 Å². The van der Waals surface area contributed by atoms with Crippen LogP contribution in [0.15, 0.2) is 0 Å². The Balaban J connectivity index is 1.93. The van der Waals surface area contributed by atoms with Gasteiger partial charge in [0.2, 0.25) is 0 Å². The van der Waals surface area contributed by atoms with Gasteiger partial charge in [0.15, 0.2) is 9.84 Å². The molecule has 2 fully saturated rings. The average molecular weight is 303 g/mol. The van der Waals surface area contributed by atoms with Crippen molar-refractivity contribution in [3.63, 3.8) is 0 Å². The molecule has 0 aromatic rings. The molecule has 0 aromatic carbocycles. The third-order valence-electron chi connectivity index (χ3n) is 4.41. The predicted octanol–water partition coefficient (Wildman–Crippen LogP) is 1.37. The molecule has 2 aliphatic rings. The SMILES string of the molecule is CC[C@H](OC1CCCC1)C(=O)N(C)[C@@H]1CCS(=O)(=O)C1. The zero-order valence-corrected chi connectivity index (χ0v) is 13.2. The second-order valence-electron chi connectivity index (χ2n) is 5.95. The van der Waals surface area contributed by atoms with Crippen molar-refractivity contribution in [2.75, 3.05) is 18.6 Å². The Labute approximate surface area is 121 Å². The minimum atomic E-state index is -2.96. The first kappa shape index (κ1) is 15.8. The molecule has 0 unspecified atom stereocenters. The molecule has 20 heavy (non-hydrogen) atoms. The summed E-state index contributed by atoms with van der Waals surface area (Å²) in [6, 6.07) is -0.186. The molecule has 1 saturated heterocycles. The van der Waals surface area contributed by atoms with E-state index in [1.807, 2.05) is 6.92 Å². The van der Waals surface area contributed by atoms with Crippen LogP contribution in [0.3, 0.4) is 0 Å². The van der Waals surface area contributed by atoms with Gasteiger partial charge in [-0.05, 0) is 25.7 Å². The smallest absolute Gasteiger partial charge is 0.251 e. The summed E-state index contributed by atoms with van der Waals surface area (Å²) in [7, 11) is -1.26. The number of carbonyl (C=O) groups is 1. The van der Waals surface area contributed by atoms with Gasteiger partial charge in [-0.2, -0.15) is 0 Å². The second kappa shape index (κ2) is 6.43. The van der Waals surface area contributed by atoms with E-state index < -0.39 is 15.9 Å². The molecule has 1 aliphatic carbocycles. The van der Waals surface area contributed by atoms with Gasteiger partial charge >= 0.3 is 0 Å². The minimum absolute atomic E-state index is 0.0681. The summed E-state index contributed by atoms with van der Waals surface area (Å²) in [6.45, 7) is 1.94. The topological polar surface area (TPSA) is 63.7 Å². The van der Waals surface area contributed by atoms with Crippen molar-refractivity contribution in [1.82, 2.24) is 4.90 Å². The zero-order chi connectivity index (χ0) is 14.8. The van der Waals surface area contributed by atoms with Crippen molar-refractivity contribution in [2.24, 2.45) is 0 Å². The third kappa shape index (κ3) is 3.73. The third-order valence-corrected chi connectivity index (χ3v) is 6.16. The van der Waals surface area contributed by atoms with Gasteiger partial charge in [-0.25, -0.2) is 8.42 Å². The number of hydrogen-bond donors (Lipinski definition) is 0. The molecule has 1 heterocycles. The van der Waals surface area contributed by atoms with Crippen LogP contribution >= 0.6 is 0 Å². The molecular weight excluding hydrogens is 278 g/mol. The fraction of sp³-hybridized carbons (Fsp3) is 0.929. The van der Waals surface area contributed by atoms with Gasteiger partial charge in [0.25, 0.3) is 5.91 Å².